The zero-order chi connectivity index (χ0) is 27.3. The molecular formula is C27H26F4N4O3. The van der Waals surface area contributed by atoms with Gasteiger partial charge in [0, 0.05) is 30.6 Å². The Morgan fingerprint density at radius 1 is 1.05 bits per heavy atom. The van der Waals surface area contributed by atoms with Gasteiger partial charge in [-0.05, 0) is 37.1 Å². The van der Waals surface area contributed by atoms with Crippen molar-refractivity contribution < 1.29 is 32.6 Å². The van der Waals surface area contributed by atoms with Crippen molar-refractivity contribution in [2.45, 2.75) is 38.0 Å². The Bertz CT molecular complexity index is 1390. The van der Waals surface area contributed by atoms with Gasteiger partial charge in [-0.25, -0.2) is 17.6 Å². The first-order valence-corrected chi connectivity index (χ1v) is 12.2. The average molecular weight is 531 g/mol. The summed E-state index contributed by atoms with van der Waals surface area (Å²) in [5.74, 6) is -6.20. The molecule has 0 bridgehead atoms. The topological polar surface area (TPSA) is 112 Å². The van der Waals surface area contributed by atoms with Gasteiger partial charge in [0.15, 0.2) is 0 Å². The number of nitrogens with two attached hydrogens (primary N) is 1. The van der Waals surface area contributed by atoms with Crippen molar-refractivity contribution in [2.75, 3.05) is 23.3 Å². The highest BCUT2D eigenvalue weighted by molar-refractivity contribution is 6.07. The molecule has 11 heteroatoms. The molecule has 5 N–H and O–H groups in total. The lowest BCUT2D eigenvalue weighted by atomic mass is 9.92. The second kappa shape index (κ2) is 9.97. The fraction of sp³-hybridized carbons (Fsp3) is 0.333. The minimum atomic E-state index is -1.42. The van der Waals surface area contributed by atoms with E-state index in [1.807, 2.05) is 11.8 Å². The number of halogens is 4. The SMILES string of the molecule is C[C@H]1CN(c2c(NC(=O)c3ccc(F)c(-c4c(F)cccc4F)c3F)cnc3c2CCC3O)C[C@@H](N)[C@@H]1O. The van der Waals surface area contributed by atoms with Gasteiger partial charge in [0.05, 0.1) is 52.2 Å². The van der Waals surface area contributed by atoms with Crippen molar-refractivity contribution in [2.24, 2.45) is 11.7 Å². The van der Waals surface area contributed by atoms with Crippen LogP contribution in [0, 0.1) is 29.2 Å². The fourth-order valence-corrected chi connectivity index (χ4v) is 5.34. The average Bonchev–Trinajstić information content (AvgIpc) is 3.24. The number of aliphatic hydroxyl groups excluding tert-OH is 2. The Morgan fingerprint density at radius 2 is 1.74 bits per heavy atom. The number of rotatable bonds is 4. The van der Waals surface area contributed by atoms with Gasteiger partial charge < -0.3 is 26.2 Å². The van der Waals surface area contributed by atoms with Crippen molar-refractivity contribution in [3.63, 3.8) is 0 Å². The second-order valence-electron chi connectivity index (χ2n) is 9.81. The zero-order valence-electron chi connectivity index (χ0n) is 20.4. The molecule has 1 fully saturated rings. The summed E-state index contributed by atoms with van der Waals surface area (Å²) in [5.41, 5.74) is 5.50. The number of anilines is 2. The molecule has 38 heavy (non-hydrogen) atoms. The van der Waals surface area contributed by atoms with E-state index in [1.165, 1.54) is 6.20 Å². The molecule has 200 valence electrons. The number of aliphatic hydroxyl groups is 2. The molecular weight excluding hydrogens is 504 g/mol. The lowest BCUT2D eigenvalue weighted by molar-refractivity contribution is 0.0784. The number of carbonyl (C=O) groups is 1. The van der Waals surface area contributed by atoms with Crippen molar-refractivity contribution >= 4 is 17.3 Å². The van der Waals surface area contributed by atoms with Crippen LogP contribution < -0.4 is 16.0 Å². The fourth-order valence-electron chi connectivity index (χ4n) is 5.34. The van der Waals surface area contributed by atoms with Crippen molar-refractivity contribution in [1.29, 1.82) is 0 Å². The van der Waals surface area contributed by atoms with Gasteiger partial charge in [-0.3, -0.25) is 9.78 Å². The molecule has 3 aromatic rings. The molecule has 1 aliphatic heterocycles. The number of fused-ring (bicyclic) bond motifs is 1. The molecule has 5 rings (SSSR count). The van der Waals surface area contributed by atoms with Crippen LogP contribution >= 0.6 is 0 Å². The summed E-state index contributed by atoms with van der Waals surface area (Å²) >= 11 is 0. The molecule has 7 nitrogen and oxygen atoms in total. The number of hydrogen-bond donors (Lipinski definition) is 4. The number of amides is 1. The van der Waals surface area contributed by atoms with Gasteiger partial charge in [-0.1, -0.05) is 13.0 Å². The third-order valence-electron chi connectivity index (χ3n) is 7.24. The highest BCUT2D eigenvalue weighted by atomic mass is 19.1. The molecule has 1 saturated heterocycles. The summed E-state index contributed by atoms with van der Waals surface area (Å²) in [7, 11) is 0. The zero-order valence-corrected chi connectivity index (χ0v) is 20.4. The molecule has 4 atom stereocenters. The summed E-state index contributed by atoms with van der Waals surface area (Å²) in [5, 5.41) is 23.3. The third-order valence-corrected chi connectivity index (χ3v) is 7.24. The number of carbonyl (C=O) groups excluding carboxylic acids is 1. The predicted octanol–water partition coefficient (Wildman–Crippen LogP) is 3.68. The minimum absolute atomic E-state index is 0.195. The van der Waals surface area contributed by atoms with Crippen LogP contribution in [0.2, 0.25) is 0 Å². The molecule has 0 radical (unpaired) electrons. The van der Waals surface area contributed by atoms with Crippen molar-refractivity contribution in [3.05, 3.63) is 76.6 Å². The Labute approximate surface area is 215 Å². The molecule has 1 unspecified atom stereocenters. The molecule has 2 aromatic carbocycles. The number of nitrogens with zero attached hydrogens (tertiary/aromatic N) is 2. The van der Waals surface area contributed by atoms with Crippen LogP contribution in [0.3, 0.4) is 0 Å². The summed E-state index contributed by atoms with van der Waals surface area (Å²) in [6, 6.07) is 3.87. The number of piperidine rings is 1. The number of aromatic nitrogens is 1. The Morgan fingerprint density at radius 3 is 2.42 bits per heavy atom. The molecule has 0 spiro atoms. The van der Waals surface area contributed by atoms with E-state index in [-0.39, 0.29) is 18.2 Å². The number of nitrogens with one attached hydrogen (secondary N) is 1. The second-order valence-corrected chi connectivity index (χ2v) is 9.81. The lowest BCUT2D eigenvalue weighted by Gasteiger charge is -2.41. The van der Waals surface area contributed by atoms with Crippen LogP contribution in [0.25, 0.3) is 11.1 Å². The van der Waals surface area contributed by atoms with Gasteiger partial charge in [0.25, 0.3) is 5.91 Å². The maximum atomic E-state index is 15.5. The summed E-state index contributed by atoms with van der Waals surface area (Å²) in [6.07, 6.45) is 0.709. The highest BCUT2D eigenvalue weighted by Gasteiger charge is 2.36. The van der Waals surface area contributed by atoms with Gasteiger partial charge in [0.2, 0.25) is 0 Å². The minimum Gasteiger partial charge on any atom is -0.391 e. The summed E-state index contributed by atoms with van der Waals surface area (Å²) in [4.78, 5) is 19.4. The Balaban J connectivity index is 1.56. The Kier molecular flexibility index (Phi) is 6.84. The van der Waals surface area contributed by atoms with Crippen molar-refractivity contribution in [3.8, 4) is 11.1 Å². The smallest absolute Gasteiger partial charge is 0.258 e. The molecule has 1 amide bonds. The number of hydrogen-bond acceptors (Lipinski definition) is 6. The van der Waals surface area contributed by atoms with Gasteiger partial charge in [-0.2, -0.15) is 0 Å². The van der Waals surface area contributed by atoms with E-state index in [0.29, 0.717) is 36.3 Å². The van der Waals surface area contributed by atoms with E-state index in [0.717, 1.165) is 30.3 Å². The first-order valence-electron chi connectivity index (χ1n) is 12.2. The number of benzene rings is 2. The summed E-state index contributed by atoms with van der Waals surface area (Å²) in [6.45, 7) is 2.48. The van der Waals surface area contributed by atoms with Crippen LogP contribution in [0.1, 0.15) is 41.1 Å². The quantitative estimate of drug-likeness (QED) is 0.383. The number of pyridine rings is 1. The maximum absolute atomic E-state index is 15.5. The summed E-state index contributed by atoms with van der Waals surface area (Å²) < 4.78 is 58.7. The van der Waals surface area contributed by atoms with Crippen LogP contribution in [0.4, 0.5) is 28.9 Å². The van der Waals surface area contributed by atoms with E-state index in [4.69, 9.17) is 5.73 Å². The van der Waals surface area contributed by atoms with Crippen LogP contribution in [-0.4, -0.2) is 46.3 Å². The Hall–Kier alpha value is -3.54. The third kappa shape index (κ3) is 4.40. The van der Waals surface area contributed by atoms with E-state index >= 15 is 4.39 Å². The molecule has 0 saturated carbocycles. The normalized spacial score (nSPS) is 22.9. The lowest BCUT2D eigenvalue weighted by Crippen LogP contribution is -2.56. The van der Waals surface area contributed by atoms with Crippen molar-refractivity contribution in [1.82, 2.24) is 4.98 Å². The van der Waals surface area contributed by atoms with Crippen LogP contribution in [0.15, 0.2) is 36.5 Å². The van der Waals surface area contributed by atoms with Gasteiger partial charge in [-0.15, -0.1) is 0 Å². The highest BCUT2D eigenvalue weighted by Crippen LogP contribution is 2.42. The van der Waals surface area contributed by atoms with Gasteiger partial charge >= 0.3 is 0 Å². The molecule has 2 aliphatic rings. The first-order chi connectivity index (χ1) is 18.1. The van der Waals surface area contributed by atoms with E-state index in [2.05, 4.69) is 10.3 Å². The molecule has 2 heterocycles. The molecule has 1 aromatic heterocycles. The van der Waals surface area contributed by atoms with Crippen LogP contribution in [-0.2, 0) is 6.42 Å². The monoisotopic (exact) mass is 530 g/mol. The van der Waals surface area contributed by atoms with E-state index < -0.39 is 64.1 Å². The maximum Gasteiger partial charge on any atom is 0.258 e. The van der Waals surface area contributed by atoms with E-state index in [9.17, 15) is 28.2 Å². The van der Waals surface area contributed by atoms with Gasteiger partial charge in [0.1, 0.15) is 23.3 Å². The standard InChI is InChI=1S/C27H26F4N4O3/c1-12-10-35(11-18(32)26(12)37)25-14-6-8-20(36)24(14)33-9-19(25)34-27(38)13-5-7-17(30)22(23(13)31)21-15(28)3-2-4-16(21)29/h2-5,7,9,12,18,20,26,36-37H,6,8,10-11,32H2,1H3,(H,34,38)/t12-,18+,20?,26+/m0/s1. The molecule has 1 aliphatic carbocycles. The largest absolute Gasteiger partial charge is 0.391 e. The van der Waals surface area contributed by atoms with Crippen LogP contribution in [0.5, 0.6) is 0 Å². The van der Waals surface area contributed by atoms with E-state index in [1.54, 1.807) is 0 Å². The predicted molar refractivity (Wildman–Crippen MR) is 133 cm³/mol. The first kappa shape index (κ1) is 26.1.